The van der Waals surface area contributed by atoms with Crippen molar-refractivity contribution in [3.05, 3.63) is 63.2 Å². The first-order valence-corrected chi connectivity index (χ1v) is 10.2. The molecule has 0 aliphatic carbocycles. The molecule has 1 amide bonds. The van der Waals surface area contributed by atoms with Gasteiger partial charge in [0.25, 0.3) is 0 Å². The maximum Gasteiger partial charge on any atom is 0.308 e. The fraction of sp³-hybridized carbons (Fsp3) is 0.300. The van der Waals surface area contributed by atoms with Crippen molar-refractivity contribution in [1.82, 2.24) is 9.47 Å². The fourth-order valence-corrected chi connectivity index (χ4v) is 4.58. The Labute approximate surface area is 166 Å². The molecule has 1 aliphatic heterocycles. The summed E-state index contributed by atoms with van der Waals surface area (Å²) < 4.78 is 2.67. The number of carbonyl (C=O) groups excluding carboxylic acids is 1. The van der Waals surface area contributed by atoms with Crippen molar-refractivity contribution >= 4 is 44.7 Å². The second kappa shape index (κ2) is 7.74. The van der Waals surface area contributed by atoms with Crippen LogP contribution in [0.4, 0.5) is 5.69 Å². The molecule has 1 fully saturated rings. The number of amides is 1. The topological polar surface area (TPSA) is 45.6 Å². The lowest BCUT2D eigenvalue weighted by Crippen LogP contribution is -2.49. The number of piperazine rings is 1. The molecule has 0 radical (unpaired) electrons. The van der Waals surface area contributed by atoms with Crippen LogP contribution in [0.3, 0.4) is 0 Å². The van der Waals surface area contributed by atoms with E-state index in [4.69, 9.17) is 11.6 Å². The van der Waals surface area contributed by atoms with Gasteiger partial charge < -0.3 is 9.80 Å². The summed E-state index contributed by atoms with van der Waals surface area (Å²) in [5.74, 6) is 0.0999. The number of aryl methyl sites for hydroxylation is 1. The van der Waals surface area contributed by atoms with Gasteiger partial charge in [-0.05, 0) is 30.3 Å². The Kier molecular flexibility index (Phi) is 5.18. The molecule has 0 spiro atoms. The lowest BCUT2D eigenvalue weighted by molar-refractivity contribution is -0.131. The quantitative estimate of drug-likeness (QED) is 0.672. The van der Waals surface area contributed by atoms with Crippen molar-refractivity contribution in [2.75, 3.05) is 31.1 Å². The zero-order chi connectivity index (χ0) is 18.8. The number of anilines is 1. The number of nitrogens with zero attached hydrogens (tertiary/aromatic N) is 3. The number of hydrogen-bond acceptors (Lipinski definition) is 4. The van der Waals surface area contributed by atoms with Gasteiger partial charge in [-0.25, -0.2) is 0 Å². The third kappa shape index (κ3) is 3.87. The van der Waals surface area contributed by atoms with Gasteiger partial charge in [-0.2, -0.15) is 0 Å². The standard InChI is InChI=1S/C20H20ClN3O2S/c21-15-4-3-5-16(14-15)22-10-12-23(13-11-22)19(25)8-9-24-17-6-1-2-7-18(17)27-20(24)26/h1-7,14H,8-13H2. The Morgan fingerprint density at radius 1 is 1.04 bits per heavy atom. The number of carbonyl (C=O) groups is 1. The SMILES string of the molecule is O=C(CCn1c(=O)sc2ccccc21)N1CCN(c2cccc(Cl)c2)CC1. The normalized spacial score (nSPS) is 14.7. The van der Waals surface area contributed by atoms with Gasteiger partial charge in [0, 0.05) is 49.9 Å². The molecule has 0 N–H and O–H groups in total. The smallest absolute Gasteiger partial charge is 0.308 e. The van der Waals surface area contributed by atoms with Gasteiger partial charge in [-0.1, -0.05) is 41.1 Å². The molecule has 4 rings (SSSR count). The third-order valence-corrected chi connectivity index (χ3v) is 6.12. The van der Waals surface area contributed by atoms with E-state index >= 15 is 0 Å². The van der Waals surface area contributed by atoms with Gasteiger partial charge in [-0.3, -0.25) is 14.2 Å². The molecule has 140 valence electrons. The van der Waals surface area contributed by atoms with Gasteiger partial charge in [0.2, 0.25) is 5.91 Å². The van der Waals surface area contributed by atoms with E-state index in [0.717, 1.165) is 34.0 Å². The number of fused-ring (bicyclic) bond motifs is 1. The van der Waals surface area contributed by atoms with Crippen molar-refractivity contribution in [2.45, 2.75) is 13.0 Å². The van der Waals surface area contributed by atoms with Gasteiger partial charge in [0.1, 0.15) is 0 Å². The molecule has 1 aromatic heterocycles. The van der Waals surface area contributed by atoms with Gasteiger partial charge in [0.15, 0.2) is 0 Å². The van der Waals surface area contributed by atoms with E-state index in [1.165, 1.54) is 11.3 Å². The molecule has 1 aliphatic rings. The Bertz CT molecular complexity index is 1020. The minimum atomic E-state index is -0.00484. The molecule has 27 heavy (non-hydrogen) atoms. The predicted molar refractivity (Wildman–Crippen MR) is 111 cm³/mol. The predicted octanol–water partition coefficient (Wildman–Crippen LogP) is 3.46. The van der Waals surface area contributed by atoms with Crippen LogP contribution in [0, 0.1) is 0 Å². The molecule has 0 bridgehead atoms. The maximum atomic E-state index is 12.6. The van der Waals surface area contributed by atoms with Gasteiger partial charge in [-0.15, -0.1) is 0 Å². The zero-order valence-electron chi connectivity index (χ0n) is 14.8. The summed E-state index contributed by atoms with van der Waals surface area (Å²) in [6.07, 6.45) is 0.345. The first-order chi connectivity index (χ1) is 13.1. The van der Waals surface area contributed by atoms with E-state index in [2.05, 4.69) is 4.90 Å². The van der Waals surface area contributed by atoms with Crippen molar-refractivity contribution in [3.8, 4) is 0 Å². The number of aromatic nitrogens is 1. The maximum absolute atomic E-state index is 12.6. The molecule has 0 atom stereocenters. The van der Waals surface area contributed by atoms with Gasteiger partial charge in [0.05, 0.1) is 10.2 Å². The molecule has 0 saturated carbocycles. The zero-order valence-corrected chi connectivity index (χ0v) is 16.4. The van der Waals surface area contributed by atoms with Crippen molar-refractivity contribution in [2.24, 2.45) is 0 Å². The van der Waals surface area contributed by atoms with E-state index in [1.807, 2.05) is 53.4 Å². The lowest BCUT2D eigenvalue weighted by Gasteiger charge is -2.36. The minimum absolute atomic E-state index is 0.00484. The van der Waals surface area contributed by atoms with Crippen LogP contribution in [0.25, 0.3) is 10.2 Å². The van der Waals surface area contributed by atoms with Crippen molar-refractivity contribution in [3.63, 3.8) is 0 Å². The van der Waals surface area contributed by atoms with E-state index in [0.29, 0.717) is 26.1 Å². The van der Waals surface area contributed by atoms with Crippen molar-refractivity contribution < 1.29 is 4.79 Å². The summed E-state index contributed by atoms with van der Waals surface area (Å²) in [7, 11) is 0. The molecule has 7 heteroatoms. The molecule has 3 aromatic rings. The van der Waals surface area contributed by atoms with Crippen LogP contribution in [0.15, 0.2) is 53.3 Å². The summed E-state index contributed by atoms with van der Waals surface area (Å²) in [5, 5.41) is 0.722. The van der Waals surface area contributed by atoms with Crippen LogP contribution in [-0.4, -0.2) is 41.6 Å². The van der Waals surface area contributed by atoms with Crippen LogP contribution in [0.1, 0.15) is 6.42 Å². The van der Waals surface area contributed by atoms with Crippen LogP contribution in [0.5, 0.6) is 0 Å². The fourth-order valence-electron chi connectivity index (χ4n) is 3.48. The first-order valence-electron chi connectivity index (χ1n) is 8.98. The number of benzene rings is 2. The van der Waals surface area contributed by atoms with E-state index < -0.39 is 0 Å². The second-order valence-electron chi connectivity index (χ2n) is 6.59. The number of rotatable bonds is 4. The number of hydrogen-bond donors (Lipinski definition) is 0. The molecule has 2 heterocycles. The summed E-state index contributed by atoms with van der Waals surface area (Å²) >= 11 is 7.30. The van der Waals surface area contributed by atoms with Crippen LogP contribution in [-0.2, 0) is 11.3 Å². The average molecular weight is 402 g/mol. The summed E-state index contributed by atoms with van der Waals surface area (Å²) in [6, 6.07) is 15.5. The number of para-hydroxylation sites is 1. The van der Waals surface area contributed by atoms with Crippen LogP contribution < -0.4 is 9.77 Å². The molecule has 5 nitrogen and oxygen atoms in total. The Balaban J connectivity index is 1.36. The Morgan fingerprint density at radius 3 is 2.59 bits per heavy atom. The molecular weight excluding hydrogens is 382 g/mol. The second-order valence-corrected chi connectivity index (χ2v) is 8.01. The highest BCUT2D eigenvalue weighted by atomic mass is 35.5. The minimum Gasteiger partial charge on any atom is -0.368 e. The highest BCUT2D eigenvalue weighted by Gasteiger charge is 2.21. The Hall–Kier alpha value is -2.31. The van der Waals surface area contributed by atoms with Crippen molar-refractivity contribution in [1.29, 1.82) is 0 Å². The molecule has 1 saturated heterocycles. The van der Waals surface area contributed by atoms with E-state index in [-0.39, 0.29) is 10.8 Å². The molecule has 2 aromatic carbocycles. The molecular formula is C20H20ClN3O2S. The molecule has 0 unspecified atom stereocenters. The largest absolute Gasteiger partial charge is 0.368 e. The van der Waals surface area contributed by atoms with Crippen LogP contribution >= 0.6 is 22.9 Å². The lowest BCUT2D eigenvalue weighted by atomic mass is 10.2. The summed E-state index contributed by atoms with van der Waals surface area (Å²) in [4.78, 5) is 28.9. The Morgan fingerprint density at radius 2 is 1.81 bits per heavy atom. The highest BCUT2D eigenvalue weighted by Crippen LogP contribution is 2.21. The van der Waals surface area contributed by atoms with E-state index in [1.54, 1.807) is 4.57 Å². The summed E-state index contributed by atoms with van der Waals surface area (Å²) in [5.41, 5.74) is 2.00. The number of thiazole rings is 1. The van der Waals surface area contributed by atoms with Gasteiger partial charge >= 0.3 is 4.87 Å². The summed E-state index contributed by atoms with van der Waals surface area (Å²) in [6.45, 7) is 3.37. The van der Waals surface area contributed by atoms with E-state index in [9.17, 15) is 9.59 Å². The third-order valence-electron chi connectivity index (χ3n) is 4.93. The first kappa shape index (κ1) is 18.1. The van der Waals surface area contributed by atoms with Crippen LogP contribution in [0.2, 0.25) is 5.02 Å². The average Bonchev–Trinajstić information content (AvgIpc) is 3.01. The highest BCUT2D eigenvalue weighted by molar-refractivity contribution is 7.16. The number of halogens is 1. The monoisotopic (exact) mass is 401 g/mol.